The number of carbonyl (C=O) groups is 1. The van der Waals surface area contributed by atoms with E-state index in [4.69, 9.17) is 0 Å². The number of thioether (sulfide) groups is 1. The van der Waals surface area contributed by atoms with Crippen LogP contribution in [0.2, 0.25) is 0 Å². The minimum atomic E-state index is -0.382. The maximum atomic E-state index is 13.2. The van der Waals surface area contributed by atoms with Crippen LogP contribution in [0.1, 0.15) is 11.1 Å². The second-order valence-electron chi connectivity index (χ2n) is 7.29. The van der Waals surface area contributed by atoms with Crippen molar-refractivity contribution in [3.63, 3.8) is 0 Å². The van der Waals surface area contributed by atoms with Crippen LogP contribution < -0.4 is 11.0 Å². The maximum Gasteiger partial charge on any atom is 0.266 e. The van der Waals surface area contributed by atoms with Gasteiger partial charge < -0.3 is 5.11 Å². The number of aryl methyl sites for hydroxylation is 1. The van der Waals surface area contributed by atoms with Crippen LogP contribution in [0.3, 0.4) is 0 Å². The zero-order chi connectivity index (χ0) is 24.2. The molecule has 0 radical (unpaired) electrons. The van der Waals surface area contributed by atoms with Crippen molar-refractivity contribution in [3.05, 3.63) is 91.1 Å². The maximum absolute atomic E-state index is 13.2. The van der Waals surface area contributed by atoms with Gasteiger partial charge in [-0.15, -0.1) is 0 Å². The summed E-state index contributed by atoms with van der Waals surface area (Å²) in [5.74, 6) is -0.381. The number of hydrogen-bond donors (Lipinski definition) is 2. The van der Waals surface area contributed by atoms with Gasteiger partial charge >= 0.3 is 0 Å². The Morgan fingerprint density at radius 1 is 1.18 bits per heavy atom. The topological polar surface area (TPSA) is 96.6 Å². The Bertz CT molecular complexity index is 1470. The van der Waals surface area contributed by atoms with Crippen LogP contribution in [-0.2, 0) is 4.79 Å². The van der Waals surface area contributed by atoms with E-state index in [9.17, 15) is 14.7 Å². The number of para-hydroxylation sites is 1. The fourth-order valence-electron chi connectivity index (χ4n) is 3.15. The lowest BCUT2D eigenvalue weighted by molar-refractivity contribution is -0.118. The van der Waals surface area contributed by atoms with Crippen molar-refractivity contribution >= 4 is 66.6 Å². The van der Waals surface area contributed by atoms with Crippen molar-refractivity contribution in [3.8, 4) is 11.4 Å². The molecule has 0 aliphatic rings. The van der Waals surface area contributed by atoms with E-state index in [0.717, 1.165) is 21.8 Å². The molecule has 1 heterocycles. The summed E-state index contributed by atoms with van der Waals surface area (Å²) >= 11 is 7.74. The largest absolute Gasteiger partial charge is 0.506 e. The first-order valence-electron chi connectivity index (χ1n) is 10.0. The van der Waals surface area contributed by atoms with Gasteiger partial charge in [-0.3, -0.25) is 14.2 Å². The number of nitrogens with zero attached hydrogens (tertiary/aromatic N) is 3. The van der Waals surface area contributed by atoms with Crippen molar-refractivity contribution in [1.29, 1.82) is 0 Å². The standard InChI is InChI=1S/C24H18Br2N4O3S/c1-14-6-8-17(9-7-14)30-23(33)18-4-2-3-5-20(18)28-24(30)34-13-21(31)29-27-12-15-10-16(25)11-19(26)22(15)32/h2-12,32H,13H2,1H3,(H,29,31)/b27-12+. The molecule has 0 aliphatic carbocycles. The van der Waals surface area contributed by atoms with E-state index in [-0.39, 0.29) is 23.0 Å². The van der Waals surface area contributed by atoms with Gasteiger partial charge in [0, 0.05) is 10.0 Å². The van der Waals surface area contributed by atoms with Crippen LogP contribution >= 0.6 is 43.6 Å². The number of nitrogens with one attached hydrogen (secondary N) is 1. The molecule has 2 N–H and O–H groups in total. The number of halogens is 2. The number of phenolic OH excluding ortho intramolecular Hbond substituents is 1. The van der Waals surface area contributed by atoms with Crippen molar-refractivity contribution < 1.29 is 9.90 Å². The average Bonchev–Trinajstić information content (AvgIpc) is 2.82. The lowest BCUT2D eigenvalue weighted by atomic mass is 10.2. The highest BCUT2D eigenvalue weighted by Crippen LogP contribution is 2.30. The molecule has 0 atom stereocenters. The minimum Gasteiger partial charge on any atom is -0.506 e. The number of hydrogen-bond acceptors (Lipinski definition) is 6. The molecular weight excluding hydrogens is 584 g/mol. The molecule has 0 saturated carbocycles. The number of benzene rings is 3. The van der Waals surface area contributed by atoms with E-state index < -0.39 is 0 Å². The molecule has 0 spiro atoms. The van der Waals surface area contributed by atoms with Crippen molar-refractivity contribution in [1.82, 2.24) is 15.0 Å². The fourth-order valence-corrected chi connectivity index (χ4v) is 5.21. The van der Waals surface area contributed by atoms with Crippen LogP contribution in [-0.4, -0.2) is 32.5 Å². The highest BCUT2D eigenvalue weighted by Gasteiger charge is 2.15. The molecule has 4 rings (SSSR count). The molecule has 3 aromatic carbocycles. The summed E-state index contributed by atoms with van der Waals surface area (Å²) in [4.78, 5) is 30.3. The number of hydrazone groups is 1. The third-order valence-corrected chi connectivity index (χ3v) is 6.82. The van der Waals surface area contributed by atoms with E-state index in [1.54, 1.807) is 30.3 Å². The average molecular weight is 602 g/mol. The van der Waals surface area contributed by atoms with Gasteiger partial charge in [-0.25, -0.2) is 10.4 Å². The smallest absolute Gasteiger partial charge is 0.266 e. The highest BCUT2D eigenvalue weighted by molar-refractivity contribution is 9.11. The lowest BCUT2D eigenvalue weighted by Gasteiger charge is -2.13. The Kier molecular flexibility index (Phi) is 7.50. The van der Waals surface area contributed by atoms with Crippen LogP contribution in [0.4, 0.5) is 0 Å². The number of carbonyl (C=O) groups excluding carboxylic acids is 1. The monoisotopic (exact) mass is 600 g/mol. The van der Waals surface area contributed by atoms with Gasteiger partial charge in [0.05, 0.1) is 33.0 Å². The van der Waals surface area contributed by atoms with Gasteiger partial charge in [0.25, 0.3) is 11.5 Å². The number of aromatic hydroxyl groups is 1. The summed E-state index contributed by atoms with van der Waals surface area (Å²) in [6.07, 6.45) is 1.35. The van der Waals surface area contributed by atoms with E-state index in [1.807, 2.05) is 37.3 Å². The number of amides is 1. The van der Waals surface area contributed by atoms with E-state index in [1.165, 1.54) is 10.8 Å². The van der Waals surface area contributed by atoms with Crippen LogP contribution in [0.5, 0.6) is 5.75 Å². The molecule has 10 heteroatoms. The number of fused-ring (bicyclic) bond motifs is 1. The second kappa shape index (κ2) is 10.5. The molecule has 7 nitrogen and oxygen atoms in total. The Balaban J connectivity index is 1.56. The molecule has 0 aliphatic heterocycles. The number of rotatable bonds is 6. The molecule has 0 saturated heterocycles. The Morgan fingerprint density at radius 2 is 1.91 bits per heavy atom. The van der Waals surface area contributed by atoms with E-state index in [2.05, 4.69) is 47.4 Å². The molecule has 0 fully saturated rings. The van der Waals surface area contributed by atoms with Crippen LogP contribution in [0.15, 0.2) is 84.7 Å². The first-order chi connectivity index (χ1) is 16.3. The number of aromatic nitrogens is 2. The third-order valence-electron chi connectivity index (χ3n) is 4.82. The predicted molar refractivity (Wildman–Crippen MR) is 142 cm³/mol. The SMILES string of the molecule is Cc1ccc(-n2c(SCC(=O)N/N=C/c3cc(Br)cc(Br)c3O)nc3ccccc3c2=O)cc1. The quantitative estimate of drug-likeness (QED) is 0.138. The second-order valence-corrected chi connectivity index (χ2v) is 10.0. The van der Waals surface area contributed by atoms with Gasteiger partial charge in [-0.05, 0) is 59.3 Å². The molecule has 1 aromatic heterocycles. The van der Waals surface area contributed by atoms with Crippen LogP contribution in [0, 0.1) is 6.92 Å². The first-order valence-corrected chi connectivity index (χ1v) is 12.6. The Hall–Kier alpha value is -2.95. The fraction of sp³-hybridized carbons (Fsp3) is 0.0833. The first kappa shape index (κ1) is 24.2. The van der Waals surface area contributed by atoms with Gasteiger partial charge in [0.1, 0.15) is 5.75 Å². The summed E-state index contributed by atoms with van der Waals surface area (Å²) in [5.41, 5.74) is 4.97. The zero-order valence-corrected chi connectivity index (χ0v) is 21.8. The zero-order valence-electron chi connectivity index (χ0n) is 17.8. The van der Waals surface area contributed by atoms with Crippen LogP contribution in [0.25, 0.3) is 16.6 Å². The van der Waals surface area contributed by atoms with Gasteiger partial charge in [0.15, 0.2) is 5.16 Å². The molecule has 1 amide bonds. The summed E-state index contributed by atoms with van der Waals surface area (Å²) in [6.45, 7) is 1.97. The minimum absolute atomic E-state index is 0.0118. The van der Waals surface area contributed by atoms with E-state index >= 15 is 0 Å². The third kappa shape index (κ3) is 5.40. The number of phenols is 1. The predicted octanol–water partition coefficient (Wildman–Crippen LogP) is 5.17. The Labute approximate surface area is 216 Å². The molecule has 4 aromatic rings. The molecule has 0 bridgehead atoms. The summed E-state index contributed by atoms with van der Waals surface area (Å²) in [6, 6.07) is 18.0. The molecular formula is C24H18Br2N4O3S. The molecule has 34 heavy (non-hydrogen) atoms. The summed E-state index contributed by atoms with van der Waals surface area (Å²) in [5, 5.41) is 14.9. The lowest BCUT2D eigenvalue weighted by Crippen LogP contribution is -2.24. The molecule has 172 valence electrons. The van der Waals surface area contributed by atoms with Crippen molar-refractivity contribution in [2.75, 3.05) is 5.75 Å². The van der Waals surface area contributed by atoms with Crippen molar-refractivity contribution in [2.45, 2.75) is 12.1 Å². The van der Waals surface area contributed by atoms with Gasteiger partial charge in [-0.2, -0.15) is 5.10 Å². The summed E-state index contributed by atoms with van der Waals surface area (Å²) < 4.78 is 2.76. The van der Waals surface area contributed by atoms with Crippen molar-refractivity contribution in [2.24, 2.45) is 5.10 Å². The highest BCUT2D eigenvalue weighted by atomic mass is 79.9. The Morgan fingerprint density at radius 3 is 2.68 bits per heavy atom. The normalized spacial score (nSPS) is 11.3. The van der Waals surface area contributed by atoms with Gasteiger partial charge in [-0.1, -0.05) is 57.5 Å². The molecule has 0 unspecified atom stereocenters. The summed E-state index contributed by atoms with van der Waals surface area (Å²) in [7, 11) is 0. The van der Waals surface area contributed by atoms with E-state index in [0.29, 0.717) is 31.8 Å². The van der Waals surface area contributed by atoms with Gasteiger partial charge in [0.2, 0.25) is 0 Å².